The molecule has 3 N–H and O–H groups in total. The van der Waals surface area contributed by atoms with Crippen molar-refractivity contribution < 1.29 is 4.74 Å². The second kappa shape index (κ2) is 5.52. The van der Waals surface area contributed by atoms with Crippen LogP contribution in [0.3, 0.4) is 0 Å². The van der Waals surface area contributed by atoms with Gasteiger partial charge in [0.25, 0.3) is 0 Å². The van der Waals surface area contributed by atoms with Gasteiger partial charge in [-0.3, -0.25) is 5.84 Å². The smallest absolute Gasteiger partial charge is 0.129 e. The third-order valence-corrected chi connectivity index (χ3v) is 3.99. The highest BCUT2D eigenvalue weighted by atomic mass is 32.1. The molecule has 0 spiro atoms. The van der Waals surface area contributed by atoms with Gasteiger partial charge in [-0.15, -0.1) is 11.3 Å². The summed E-state index contributed by atoms with van der Waals surface area (Å²) in [7, 11) is 1.67. The number of methoxy groups -OCH3 is 1. The van der Waals surface area contributed by atoms with E-state index in [-0.39, 0.29) is 6.04 Å². The van der Waals surface area contributed by atoms with E-state index in [1.54, 1.807) is 18.4 Å². The van der Waals surface area contributed by atoms with Crippen molar-refractivity contribution >= 4 is 11.3 Å². The van der Waals surface area contributed by atoms with Crippen LogP contribution in [0.15, 0.2) is 29.6 Å². The zero-order valence-electron chi connectivity index (χ0n) is 10.9. The van der Waals surface area contributed by atoms with E-state index in [9.17, 15) is 0 Å². The molecular formula is C14H18N2OS. The number of aryl methyl sites for hydroxylation is 2. The van der Waals surface area contributed by atoms with Crippen LogP contribution in [0.2, 0.25) is 0 Å². The Morgan fingerprint density at radius 1 is 1.28 bits per heavy atom. The number of nitrogens with two attached hydrogens (primary N) is 1. The molecule has 1 aromatic carbocycles. The molecule has 0 saturated heterocycles. The molecule has 0 aliphatic heterocycles. The summed E-state index contributed by atoms with van der Waals surface area (Å²) < 4.78 is 5.22. The standard InChI is InChI=1S/C14H18N2OS/c1-9-4-5-12(10(2)6-9)14(16-15)13-7-11(17-3)8-18-13/h4-8,14,16H,15H2,1-3H3. The molecule has 96 valence electrons. The molecule has 2 rings (SSSR count). The van der Waals surface area contributed by atoms with Gasteiger partial charge in [0.2, 0.25) is 0 Å². The average Bonchev–Trinajstić information content (AvgIpc) is 2.81. The highest BCUT2D eigenvalue weighted by molar-refractivity contribution is 7.10. The highest BCUT2D eigenvalue weighted by Crippen LogP contribution is 2.32. The van der Waals surface area contributed by atoms with Gasteiger partial charge in [-0.1, -0.05) is 23.8 Å². The molecule has 0 fully saturated rings. The van der Waals surface area contributed by atoms with E-state index in [4.69, 9.17) is 10.6 Å². The monoisotopic (exact) mass is 262 g/mol. The van der Waals surface area contributed by atoms with Gasteiger partial charge >= 0.3 is 0 Å². The summed E-state index contributed by atoms with van der Waals surface area (Å²) >= 11 is 1.65. The Balaban J connectivity index is 2.38. The van der Waals surface area contributed by atoms with Crippen molar-refractivity contribution in [2.75, 3.05) is 7.11 Å². The lowest BCUT2D eigenvalue weighted by atomic mass is 9.98. The molecule has 18 heavy (non-hydrogen) atoms. The Morgan fingerprint density at radius 3 is 2.61 bits per heavy atom. The van der Waals surface area contributed by atoms with Crippen LogP contribution in [0.25, 0.3) is 0 Å². The van der Waals surface area contributed by atoms with Gasteiger partial charge in [-0.25, -0.2) is 5.43 Å². The number of hydrogen-bond donors (Lipinski definition) is 2. The number of hydrogen-bond acceptors (Lipinski definition) is 4. The summed E-state index contributed by atoms with van der Waals surface area (Å²) in [5.74, 6) is 6.59. The number of hydrazine groups is 1. The van der Waals surface area contributed by atoms with Gasteiger partial charge in [-0.05, 0) is 31.0 Å². The van der Waals surface area contributed by atoms with Crippen molar-refractivity contribution in [3.05, 3.63) is 51.2 Å². The predicted molar refractivity (Wildman–Crippen MR) is 76.0 cm³/mol. The van der Waals surface area contributed by atoms with E-state index in [0.29, 0.717) is 0 Å². The minimum Gasteiger partial charge on any atom is -0.496 e. The first kappa shape index (κ1) is 13.1. The van der Waals surface area contributed by atoms with E-state index in [1.165, 1.54) is 16.7 Å². The van der Waals surface area contributed by atoms with Crippen molar-refractivity contribution in [3.8, 4) is 5.75 Å². The van der Waals surface area contributed by atoms with Crippen LogP contribution in [-0.4, -0.2) is 7.11 Å². The number of rotatable bonds is 4. The normalized spacial score (nSPS) is 12.4. The molecule has 2 aromatic rings. The van der Waals surface area contributed by atoms with Crippen LogP contribution < -0.4 is 16.0 Å². The summed E-state index contributed by atoms with van der Waals surface area (Å²) in [4.78, 5) is 1.15. The van der Waals surface area contributed by atoms with Crippen LogP contribution in [0, 0.1) is 13.8 Å². The Bertz CT molecular complexity index is 536. The summed E-state index contributed by atoms with van der Waals surface area (Å²) in [6.07, 6.45) is 0. The third kappa shape index (κ3) is 2.56. The second-order valence-electron chi connectivity index (χ2n) is 4.35. The minimum absolute atomic E-state index is 0.0134. The molecule has 0 saturated carbocycles. The van der Waals surface area contributed by atoms with E-state index in [2.05, 4.69) is 37.5 Å². The second-order valence-corrected chi connectivity index (χ2v) is 5.29. The van der Waals surface area contributed by atoms with Crippen LogP contribution in [0.1, 0.15) is 27.6 Å². The van der Waals surface area contributed by atoms with E-state index in [0.717, 1.165) is 10.6 Å². The van der Waals surface area contributed by atoms with Gasteiger partial charge in [-0.2, -0.15) is 0 Å². The van der Waals surface area contributed by atoms with E-state index >= 15 is 0 Å². The predicted octanol–water partition coefficient (Wildman–Crippen LogP) is 2.93. The van der Waals surface area contributed by atoms with Crippen molar-refractivity contribution in [2.24, 2.45) is 5.84 Å². The maximum absolute atomic E-state index is 5.71. The third-order valence-electron chi connectivity index (χ3n) is 3.02. The quantitative estimate of drug-likeness (QED) is 0.658. The van der Waals surface area contributed by atoms with E-state index in [1.807, 2.05) is 11.4 Å². The number of ether oxygens (including phenoxy) is 1. The molecule has 0 amide bonds. The Hall–Kier alpha value is -1.36. The van der Waals surface area contributed by atoms with Crippen LogP contribution in [0.4, 0.5) is 0 Å². The number of benzene rings is 1. The van der Waals surface area contributed by atoms with Crippen LogP contribution in [0.5, 0.6) is 5.75 Å². The molecule has 3 nitrogen and oxygen atoms in total. The van der Waals surface area contributed by atoms with Crippen LogP contribution in [-0.2, 0) is 0 Å². The summed E-state index contributed by atoms with van der Waals surface area (Å²) in [6, 6.07) is 8.44. The van der Waals surface area contributed by atoms with E-state index < -0.39 is 0 Å². The molecule has 0 aliphatic rings. The summed E-state index contributed by atoms with van der Waals surface area (Å²) in [5.41, 5.74) is 6.59. The first-order chi connectivity index (χ1) is 8.65. The van der Waals surface area contributed by atoms with Gasteiger partial charge in [0.15, 0.2) is 0 Å². The zero-order chi connectivity index (χ0) is 13.1. The fraction of sp³-hybridized carbons (Fsp3) is 0.286. The van der Waals surface area contributed by atoms with Crippen molar-refractivity contribution in [3.63, 3.8) is 0 Å². The number of thiophene rings is 1. The van der Waals surface area contributed by atoms with Crippen molar-refractivity contribution in [1.29, 1.82) is 0 Å². The lowest BCUT2D eigenvalue weighted by Gasteiger charge is -2.17. The molecule has 0 radical (unpaired) electrons. The first-order valence-corrected chi connectivity index (χ1v) is 6.69. The molecule has 4 heteroatoms. The largest absolute Gasteiger partial charge is 0.496 e. The summed E-state index contributed by atoms with van der Waals surface area (Å²) in [6.45, 7) is 4.20. The Morgan fingerprint density at radius 2 is 2.06 bits per heavy atom. The topological polar surface area (TPSA) is 47.3 Å². The van der Waals surface area contributed by atoms with Crippen molar-refractivity contribution in [1.82, 2.24) is 5.43 Å². The molecule has 1 unspecified atom stereocenters. The maximum atomic E-state index is 5.71. The zero-order valence-corrected chi connectivity index (χ0v) is 11.7. The van der Waals surface area contributed by atoms with Gasteiger partial charge in [0.05, 0.1) is 13.2 Å². The number of nitrogens with one attached hydrogen (secondary N) is 1. The Kier molecular flexibility index (Phi) is 4.01. The maximum Gasteiger partial charge on any atom is 0.129 e. The lowest BCUT2D eigenvalue weighted by Crippen LogP contribution is -2.28. The Labute approximate surface area is 112 Å². The molecular weight excluding hydrogens is 244 g/mol. The average molecular weight is 262 g/mol. The van der Waals surface area contributed by atoms with Gasteiger partial charge < -0.3 is 4.74 Å². The summed E-state index contributed by atoms with van der Waals surface area (Å²) in [5, 5.41) is 1.99. The molecule has 1 atom stereocenters. The van der Waals surface area contributed by atoms with Crippen molar-refractivity contribution in [2.45, 2.75) is 19.9 Å². The minimum atomic E-state index is 0.0134. The fourth-order valence-electron chi connectivity index (χ4n) is 2.07. The fourth-order valence-corrected chi connectivity index (χ4v) is 3.00. The molecule has 1 heterocycles. The van der Waals surface area contributed by atoms with Gasteiger partial charge in [0.1, 0.15) is 5.75 Å². The molecule has 0 bridgehead atoms. The lowest BCUT2D eigenvalue weighted by molar-refractivity contribution is 0.416. The highest BCUT2D eigenvalue weighted by Gasteiger charge is 2.16. The molecule has 1 aromatic heterocycles. The SMILES string of the molecule is COc1csc(C(NN)c2ccc(C)cc2C)c1. The van der Waals surface area contributed by atoms with Gasteiger partial charge in [0, 0.05) is 10.3 Å². The van der Waals surface area contributed by atoms with Crippen LogP contribution >= 0.6 is 11.3 Å². The first-order valence-electron chi connectivity index (χ1n) is 5.81. The molecule has 0 aliphatic carbocycles.